The second-order valence-corrected chi connectivity index (χ2v) is 5.78. The number of aromatic nitrogens is 1. The molecule has 1 aromatic heterocycles. The number of hydrogen-bond donors (Lipinski definition) is 1. The number of nitrogens with one attached hydrogen (secondary N) is 1. The Morgan fingerprint density at radius 2 is 2.00 bits per heavy atom. The van der Waals surface area contributed by atoms with E-state index in [1.807, 2.05) is 26.0 Å². The fraction of sp³-hybridized carbons (Fsp3) is 0.667. The fourth-order valence-corrected chi connectivity index (χ4v) is 2.06. The van der Waals surface area contributed by atoms with Crippen LogP contribution in [0.1, 0.15) is 19.4 Å². The predicted octanol–water partition coefficient (Wildman–Crippen LogP) is 1.96. The van der Waals surface area contributed by atoms with Crippen LogP contribution < -0.4 is 10.2 Å². The molecule has 0 aromatic carbocycles. The Balaban J connectivity index is 2.96. The second kappa shape index (κ2) is 8.17. The van der Waals surface area contributed by atoms with Gasteiger partial charge in [-0.15, -0.1) is 0 Å². The fourth-order valence-electron chi connectivity index (χ4n) is 2.06. The Bertz CT molecular complexity index is 407. The average Bonchev–Trinajstić information content (AvgIpc) is 2.37. The lowest BCUT2D eigenvalue weighted by molar-refractivity contribution is 0.406. The summed E-state index contributed by atoms with van der Waals surface area (Å²) in [5.74, 6) is 0.723. The largest absolute Gasteiger partial charge is 0.353 e. The van der Waals surface area contributed by atoms with Crippen LogP contribution in [0, 0.1) is 11.7 Å². The molecule has 0 bridgehead atoms. The van der Waals surface area contributed by atoms with Crippen molar-refractivity contribution >= 4 is 5.82 Å². The lowest BCUT2D eigenvalue weighted by Crippen LogP contribution is -2.35. The molecule has 0 spiro atoms. The summed E-state index contributed by atoms with van der Waals surface area (Å²) in [6.45, 7) is 7.25. The van der Waals surface area contributed by atoms with Crippen LogP contribution in [-0.2, 0) is 6.54 Å². The van der Waals surface area contributed by atoms with Crippen molar-refractivity contribution in [3.8, 4) is 0 Å². The molecule has 1 heterocycles. The van der Waals surface area contributed by atoms with Crippen LogP contribution >= 0.6 is 0 Å². The van der Waals surface area contributed by atoms with E-state index >= 15 is 0 Å². The molecule has 0 fully saturated rings. The first-order valence-electron chi connectivity index (χ1n) is 7.13. The van der Waals surface area contributed by atoms with Crippen molar-refractivity contribution in [3.05, 3.63) is 23.6 Å². The summed E-state index contributed by atoms with van der Waals surface area (Å²) in [5, 5.41) is 2.99. The molecule has 114 valence electrons. The summed E-state index contributed by atoms with van der Waals surface area (Å²) < 4.78 is 14.5. The minimum absolute atomic E-state index is 0.207. The molecule has 0 saturated carbocycles. The molecule has 1 N–H and O–H groups in total. The monoisotopic (exact) mass is 282 g/mol. The zero-order valence-electron chi connectivity index (χ0n) is 13.3. The van der Waals surface area contributed by atoms with Crippen molar-refractivity contribution in [1.82, 2.24) is 15.2 Å². The normalized spacial score (nSPS) is 11.4. The molecule has 5 heteroatoms. The molecule has 20 heavy (non-hydrogen) atoms. The van der Waals surface area contributed by atoms with Crippen LogP contribution in [0.25, 0.3) is 0 Å². The SMILES string of the molecule is CNCc1ccnc(N(CCN(C)C)CC(C)C)c1F. The molecule has 0 atom stereocenters. The third kappa shape index (κ3) is 5.06. The van der Waals surface area contributed by atoms with Gasteiger partial charge in [-0.2, -0.15) is 0 Å². The summed E-state index contributed by atoms with van der Waals surface area (Å²) in [5.41, 5.74) is 0.663. The Labute approximate surface area is 122 Å². The zero-order chi connectivity index (χ0) is 15.1. The van der Waals surface area contributed by atoms with Gasteiger partial charge in [-0.1, -0.05) is 13.8 Å². The van der Waals surface area contributed by atoms with Crippen LogP contribution in [0.15, 0.2) is 12.3 Å². The molecule has 0 aliphatic rings. The highest BCUT2D eigenvalue weighted by molar-refractivity contribution is 5.43. The molecular weight excluding hydrogens is 255 g/mol. The van der Waals surface area contributed by atoms with Gasteiger partial charge in [-0.05, 0) is 33.1 Å². The van der Waals surface area contributed by atoms with Crippen LogP contribution in [0.4, 0.5) is 10.2 Å². The molecule has 0 amide bonds. The highest BCUT2D eigenvalue weighted by Crippen LogP contribution is 2.20. The smallest absolute Gasteiger partial charge is 0.170 e. The minimum Gasteiger partial charge on any atom is -0.353 e. The Hall–Kier alpha value is -1.20. The quantitative estimate of drug-likeness (QED) is 0.790. The summed E-state index contributed by atoms with van der Waals surface area (Å²) in [6.07, 6.45) is 1.69. The summed E-state index contributed by atoms with van der Waals surface area (Å²) in [4.78, 5) is 8.40. The predicted molar refractivity (Wildman–Crippen MR) is 82.6 cm³/mol. The molecule has 1 aromatic rings. The van der Waals surface area contributed by atoms with E-state index in [-0.39, 0.29) is 5.82 Å². The lowest BCUT2D eigenvalue weighted by Gasteiger charge is -2.27. The van der Waals surface area contributed by atoms with Crippen LogP contribution in [0.5, 0.6) is 0 Å². The summed E-state index contributed by atoms with van der Waals surface area (Å²) in [7, 11) is 5.86. The number of rotatable bonds is 8. The Morgan fingerprint density at radius 3 is 2.55 bits per heavy atom. The van der Waals surface area contributed by atoms with Gasteiger partial charge in [0.1, 0.15) is 0 Å². The van der Waals surface area contributed by atoms with Gasteiger partial charge in [0.15, 0.2) is 11.6 Å². The first-order chi connectivity index (χ1) is 9.45. The first-order valence-corrected chi connectivity index (χ1v) is 7.13. The summed E-state index contributed by atoms with van der Waals surface area (Å²) in [6, 6.07) is 1.73. The van der Waals surface area contributed by atoms with Crippen LogP contribution in [0.2, 0.25) is 0 Å². The van der Waals surface area contributed by atoms with Crippen molar-refractivity contribution in [2.75, 3.05) is 45.7 Å². The number of hydrogen-bond acceptors (Lipinski definition) is 4. The van der Waals surface area contributed by atoms with E-state index < -0.39 is 0 Å². The van der Waals surface area contributed by atoms with Gasteiger partial charge in [0, 0.05) is 37.9 Å². The minimum atomic E-state index is -0.207. The van der Waals surface area contributed by atoms with Crippen molar-refractivity contribution in [1.29, 1.82) is 0 Å². The molecule has 0 unspecified atom stereocenters. The van der Waals surface area contributed by atoms with E-state index in [2.05, 4.69) is 29.0 Å². The van der Waals surface area contributed by atoms with E-state index in [1.165, 1.54) is 0 Å². The Kier molecular flexibility index (Phi) is 6.88. The molecular formula is C15H27FN4. The van der Waals surface area contributed by atoms with Crippen LogP contribution in [-0.4, -0.2) is 50.7 Å². The average molecular weight is 282 g/mol. The van der Waals surface area contributed by atoms with E-state index in [4.69, 9.17) is 0 Å². The van der Waals surface area contributed by atoms with Crippen molar-refractivity contribution in [3.63, 3.8) is 0 Å². The number of nitrogens with zero attached hydrogens (tertiary/aromatic N) is 3. The van der Waals surface area contributed by atoms with Crippen molar-refractivity contribution in [2.24, 2.45) is 5.92 Å². The Morgan fingerprint density at radius 1 is 1.30 bits per heavy atom. The standard InChI is InChI=1S/C15H27FN4/c1-12(2)11-20(9-8-19(4)5)15-14(16)13(10-17-3)6-7-18-15/h6-7,12,17H,8-11H2,1-5H3. The third-order valence-electron chi connectivity index (χ3n) is 3.02. The third-order valence-corrected chi connectivity index (χ3v) is 3.02. The van der Waals surface area contributed by atoms with Crippen LogP contribution in [0.3, 0.4) is 0 Å². The highest BCUT2D eigenvalue weighted by atomic mass is 19.1. The number of anilines is 1. The van der Waals surface area contributed by atoms with Gasteiger partial charge < -0.3 is 15.1 Å². The maximum absolute atomic E-state index is 14.5. The number of likely N-dealkylation sites (N-methyl/N-ethyl adjacent to an activating group) is 1. The first kappa shape index (κ1) is 16.9. The van der Waals surface area contributed by atoms with Gasteiger partial charge in [-0.3, -0.25) is 0 Å². The van der Waals surface area contributed by atoms with Crippen molar-refractivity contribution in [2.45, 2.75) is 20.4 Å². The number of halogens is 1. The molecule has 0 saturated heterocycles. The molecule has 0 aliphatic heterocycles. The topological polar surface area (TPSA) is 31.4 Å². The van der Waals surface area contributed by atoms with Crippen molar-refractivity contribution < 1.29 is 4.39 Å². The maximum atomic E-state index is 14.5. The molecule has 4 nitrogen and oxygen atoms in total. The van der Waals surface area contributed by atoms with E-state index in [0.717, 1.165) is 19.6 Å². The van der Waals surface area contributed by atoms with Gasteiger partial charge >= 0.3 is 0 Å². The van der Waals surface area contributed by atoms with E-state index in [0.29, 0.717) is 23.8 Å². The van der Waals surface area contributed by atoms with Gasteiger partial charge in [0.05, 0.1) is 0 Å². The second-order valence-electron chi connectivity index (χ2n) is 5.78. The maximum Gasteiger partial charge on any atom is 0.170 e. The summed E-state index contributed by atoms with van der Waals surface area (Å²) >= 11 is 0. The van der Waals surface area contributed by atoms with Gasteiger partial charge in [0.25, 0.3) is 0 Å². The number of pyridine rings is 1. The molecule has 0 aliphatic carbocycles. The molecule has 1 rings (SSSR count). The van der Waals surface area contributed by atoms with Gasteiger partial charge in [0.2, 0.25) is 0 Å². The lowest BCUT2D eigenvalue weighted by atomic mass is 10.2. The van der Waals surface area contributed by atoms with E-state index in [9.17, 15) is 4.39 Å². The van der Waals surface area contributed by atoms with E-state index in [1.54, 1.807) is 12.3 Å². The molecule has 0 radical (unpaired) electrons. The highest BCUT2D eigenvalue weighted by Gasteiger charge is 2.17. The van der Waals surface area contributed by atoms with Gasteiger partial charge in [-0.25, -0.2) is 9.37 Å². The zero-order valence-corrected chi connectivity index (χ0v) is 13.3.